The van der Waals surface area contributed by atoms with Crippen LogP contribution in [0.5, 0.6) is 0 Å². The lowest BCUT2D eigenvalue weighted by molar-refractivity contribution is 0.0106. The first kappa shape index (κ1) is 13.0. The normalized spacial score (nSPS) is 18.8. The van der Waals surface area contributed by atoms with E-state index in [0.29, 0.717) is 18.8 Å². The summed E-state index contributed by atoms with van der Waals surface area (Å²) >= 11 is 0. The van der Waals surface area contributed by atoms with Crippen LogP contribution in [0.1, 0.15) is 28.8 Å². The number of nitrogens with two attached hydrogens (primary N) is 1. The average molecular weight is 250 g/mol. The number of hydrogen-bond donors (Lipinski definition) is 2. The zero-order chi connectivity index (χ0) is 12.8. The Morgan fingerprint density at radius 3 is 2.83 bits per heavy atom. The zero-order valence-electron chi connectivity index (χ0n) is 10.2. The quantitative estimate of drug-likeness (QED) is 0.464. The van der Waals surface area contributed by atoms with E-state index in [1.807, 2.05) is 12.1 Å². The Labute approximate surface area is 106 Å². The summed E-state index contributed by atoms with van der Waals surface area (Å²) < 4.78 is 11.0. The molecule has 3 N–H and O–H groups in total. The number of hydrazine groups is 1. The molecule has 0 aromatic heterocycles. The van der Waals surface area contributed by atoms with Crippen molar-refractivity contribution in [3.8, 4) is 0 Å². The molecule has 0 aliphatic carbocycles. The Balaban J connectivity index is 1.77. The predicted octanol–water partition coefficient (Wildman–Crippen LogP) is 0.986. The lowest BCUT2D eigenvalue weighted by Crippen LogP contribution is -2.29. The van der Waals surface area contributed by atoms with E-state index < -0.39 is 0 Å². The standard InChI is InChI=1S/C13H18N2O3/c14-15-13(16)11-5-3-10(4-6-11)8-17-9-12-2-1-7-18-12/h3-6,12H,1-2,7-9,14H2,(H,15,16). The summed E-state index contributed by atoms with van der Waals surface area (Å²) in [5, 5.41) is 0. The van der Waals surface area contributed by atoms with Crippen molar-refractivity contribution in [1.29, 1.82) is 0 Å². The predicted molar refractivity (Wildman–Crippen MR) is 66.7 cm³/mol. The molecule has 1 unspecified atom stereocenters. The van der Waals surface area contributed by atoms with Crippen molar-refractivity contribution in [2.75, 3.05) is 13.2 Å². The molecule has 0 spiro atoms. The second-order valence-electron chi connectivity index (χ2n) is 4.32. The number of benzene rings is 1. The van der Waals surface area contributed by atoms with Crippen LogP contribution in [0.25, 0.3) is 0 Å². The lowest BCUT2D eigenvalue weighted by atomic mass is 10.1. The van der Waals surface area contributed by atoms with Gasteiger partial charge in [0.15, 0.2) is 0 Å². The van der Waals surface area contributed by atoms with E-state index >= 15 is 0 Å². The molecule has 1 aromatic rings. The molecule has 2 rings (SSSR count). The topological polar surface area (TPSA) is 73.6 Å². The number of hydrogen-bond acceptors (Lipinski definition) is 4. The maximum Gasteiger partial charge on any atom is 0.265 e. The third kappa shape index (κ3) is 3.53. The molecule has 1 fully saturated rings. The molecule has 1 heterocycles. The summed E-state index contributed by atoms with van der Waals surface area (Å²) in [5.74, 6) is 4.76. The summed E-state index contributed by atoms with van der Waals surface area (Å²) in [5.41, 5.74) is 3.67. The molecule has 5 nitrogen and oxygen atoms in total. The zero-order valence-corrected chi connectivity index (χ0v) is 10.2. The second-order valence-corrected chi connectivity index (χ2v) is 4.32. The van der Waals surface area contributed by atoms with Crippen LogP contribution in [0.15, 0.2) is 24.3 Å². The van der Waals surface area contributed by atoms with E-state index in [9.17, 15) is 4.79 Å². The fraction of sp³-hybridized carbons (Fsp3) is 0.462. The van der Waals surface area contributed by atoms with Gasteiger partial charge >= 0.3 is 0 Å². The number of carbonyl (C=O) groups excluding carboxylic acids is 1. The van der Waals surface area contributed by atoms with Gasteiger partial charge in [0.1, 0.15) is 0 Å². The third-order valence-electron chi connectivity index (χ3n) is 2.94. The number of nitrogens with one attached hydrogen (secondary N) is 1. The van der Waals surface area contributed by atoms with Crippen LogP contribution in [0, 0.1) is 0 Å². The average Bonchev–Trinajstić information content (AvgIpc) is 2.92. The van der Waals surface area contributed by atoms with E-state index in [2.05, 4.69) is 5.43 Å². The van der Waals surface area contributed by atoms with Crippen molar-refractivity contribution in [2.45, 2.75) is 25.6 Å². The van der Waals surface area contributed by atoms with Gasteiger partial charge in [-0.25, -0.2) is 5.84 Å². The molecule has 1 atom stereocenters. The minimum absolute atomic E-state index is 0.243. The van der Waals surface area contributed by atoms with Crippen LogP contribution in [-0.2, 0) is 16.1 Å². The largest absolute Gasteiger partial charge is 0.376 e. The summed E-state index contributed by atoms with van der Waals surface area (Å²) in [6, 6.07) is 7.18. The first-order valence-electron chi connectivity index (χ1n) is 6.09. The Kier molecular flexibility index (Phi) is 4.69. The van der Waals surface area contributed by atoms with E-state index in [1.54, 1.807) is 12.1 Å². The number of carbonyl (C=O) groups is 1. The summed E-state index contributed by atoms with van der Waals surface area (Å²) in [4.78, 5) is 11.2. The highest BCUT2D eigenvalue weighted by Gasteiger charge is 2.15. The summed E-state index contributed by atoms with van der Waals surface area (Å²) in [6.45, 7) is 2.01. The van der Waals surface area contributed by atoms with Crippen molar-refractivity contribution in [2.24, 2.45) is 5.84 Å². The van der Waals surface area contributed by atoms with Gasteiger partial charge in [-0.3, -0.25) is 10.2 Å². The molecule has 1 aliphatic rings. The first-order chi connectivity index (χ1) is 8.79. The van der Waals surface area contributed by atoms with Crippen molar-refractivity contribution < 1.29 is 14.3 Å². The van der Waals surface area contributed by atoms with Gasteiger partial charge in [-0.05, 0) is 30.5 Å². The van der Waals surface area contributed by atoms with Crippen molar-refractivity contribution in [3.63, 3.8) is 0 Å². The minimum atomic E-state index is -0.290. The van der Waals surface area contributed by atoms with Crippen LogP contribution in [0.4, 0.5) is 0 Å². The fourth-order valence-corrected chi connectivity index (χ4v) is 1.92. The maximum absolute atomic E-state index is 11.2. The van der Waals surface area contributed by atoms with E-state index in [1.165, 1.54) is 0 Å². The van der Waals surface area contributed by atoms with Crippen molar-refractivity contribution in [3.05, 3.63) is 35.4 Å². The molecule has 1 aliphatic heterocycles. The molecule has 1 saturated heterocycles. The smallest absolute Gasteiger partial charge is 0.265 e. The Bertz CT molecular complexity index is 386. The summed E-state index contributed by atoms with van der Waals surface area (Å²) in [6.07, 6.45) is 2.44. The van der Waals surface area contributed by atoms with Gasteiger partial charge in [0.25, 0.3) is 5.91 Å². The number of nitrogen functional groups attached to an aromatic ring is 1. The van der Waals surface area contributed by atoms with Crippen LogP contribution in [0.3, 0.4) is 0 Å². The van der Waals surface area contributed by atoms with Gasteiger partial charge in [-0.2, -0.15) is 0 Å². The molecular formula is C13H18N2O3. The van der Waals surface area contributed by atoms with Crippen LogP contribution < -0.4 is 11.3 Å². The molecule has 0 bridgehead atoms. The SMILES string of the molecule is NNC(=O)c1ccc(COCC2CCCO2)cc1. The third-order valence-corrected chi connectivity index (χ3v) is 2.94. The van der Waals surface area contributed by atoms with Gasteiger partial charge in [0, 0.05) is 12.2 Å². The van der Waals surface area contributed by atoms with E-state index in [0.717, 1.165) is 25.0 Å². The van der Waals surface area contributed by atoms with Gasteiger partial charge < -0.3 is 9.47 Å². The molecule has 1 amide bonds. The molecule has 0 radical (unpaired) electrons. The Morgan fingerprint density at radius 2 is 2.22 bits per heavy atom. The van der Waals surface area contributed by atoms with Gasteiger partial charge in [-0.15, -0.1) is 0 Å². The number of amides is 1. The molecule has 1 aromatic carbocycles. The molecule has 5 heteroatoms. The second kappa shape index (κ2) is 6.49. The van der Waals surface area contributed by atoms with E-state index in [4.69, 9.17) is 15.3 Å². The first-order valence-corrected chi connectivity index (χ1v) is 6.09. The van der Waals surface area contributed by atoms with E-state index in [-0.39, 0.29) is 12.0 Å². The molecule has 98 valence electrons. The minimum Gasteiger partial charge on any atom is -0.376 e. The molecule has 0 saturated carbocycles. The van der Waals surface area contributed by atoms with Gasteiger partial charge in [-0.1, -0.05) is 12.1 Å². The number of ether oxygens (including phenoxy) is 2. The Morgan fingerprint density at radius 1 is 1.44 bits per heavy atom. The highest BCUT2D eigenvalue weighted by molar-refractivity contribution is 5.93. The molecular weight excluding hydrogens is 232 g/mol. The summed E-state index contributed by atoms with van der Waals surface area (Å²) in [7, 11) is 0. The highest BCUT2D eigenvalue weighted by Crippen LogP contribution is 2.13. The monoisotopic (exact) mass is 250 g/mol. The van der Waals surface area contributed by atoms with Crippen LogP contribution in [0.2, 0.25) is 0 Å². The fourth-order valence-electron chi connectivity index (χ4n) is 1.92. The number of rotatable bonds is 5. The van der Waals surface area contributed by atoms with Gasteiger partial charge in [0.05, 0.1) is 19.3 Å². The Hall–Kier alpha value is -1.43. The van der Waals surface area contributed by atoms with Crippen molar-refractivity contribution >= 4 is 5.91 Å². The highest BCUT2D eigenvalue weighted by atomic mass is 16.5. The van der Waals surface area contributed by atoms with Crippen LogP contribution >= 0.6 is 0 Å². The van der Waals surface area contributed by atoms with Crippen LogP contribution in [-0.4, -0.2) is 25.2 Å². The lowest BCUT2D eigenvalue weighted by Gasteiger charge is -2.10. The maximum atomic E-state index is 11.2. The van der Waals surface area contributed by atoms with Crippen molar-refractivity contribution in [1.82, 2.24) is 5.43 Å². The van der Waals surface area contributed by atoms with Gasteiger partial charge in [0.2, 0.25) is 0 Å². The molecule has 18 heavy (non-hydrogen) atoms.